The average molecular weight is 459 g/mol. The summed E-state index contributed by atoms with van der Waals surface area (Å²) in [5.41, 5.74) is 0. The maximum atomic E-state index is 2.51. The van der Waals surface area contributed by atoms with Crippen molar-refractivity contribution in [3.05, 3.63) is 16.3 Å². The Hall–Kier alpha value is 0.499. The van der Waals surface area contributed by atoms with E-state index in [-0.39, 0.29) is 21.1 Å². The van der Waals surface area contributed by atoms with Crippen molar-refractivity contribution in [2.45, 2.75) is 117 Å². The first-order valence-corrected chi connectivity index (χ1v) is 14.8. The van der Waals surface area contributed by atoms with E-state index < -0.39 is 0 Å². The maximum absolute atomic E-state index is 2.51. The van der Waals surface area contributed by atoms with Gasteiger partial charge < -0.3 is 0 Å². The van der Waals surface area contributed by atoms with Crippen molar-refractivity contribution in [1.82, 2.24) is 0 Å². The number of hydrogen-bond donors (Lipinski definition) is 0. The molecule has 142 valence electrons. The predicted molar refractivity (Wildman–Crippen MR) is 118 cm³/mol. The first kappa shape index (κ1) is 26.7. The summed E-state index contributed by atoms with van der Waals surface area (Å²) in [5.74, 6) is 0. The van der Waals surface area contributed by atoms with E-state index in [1.807, 2.05) is 11.3 Å². The molecule has 1 rings (SSSR count). The Morgan fingerprint density at radius 2 is 1.29 bits per heavy atom. The third kappa shape index (κ3) is 20.5. The zero-order valence-corrected chi connectivity index (χ0v) is 21.2. The van der Waals surface area contributed by atoms with Crippen LogP contribution in [-0.4, -0.2) is 21.1 Å². The van der Waals surface area contributed by atoms with E-state index >= 15 is 0 Å². The van der Waals surface area contributed by atoms with Gasteiger partial charge in [0.2, 0.25) is 0 Å². The molecule has 0 nitrogen and oxygen atoms in total. The summed E-state index contributed by atoms with van der Waals surface area (Å²) in [4.78, 5) is 1.64. The van der Waals surface area contributed by atoms with Gasteiger partial charge in [0.1, 0.15) is 0 Å². The van der Waals surface area contributed by atoms with Crippen LogP contribution in [0.1, 0.15) is 111 Å². The molecule has 2 radical (unpaired) electrons. The van der Waals surface area contributed by atoms with Crippen molar-refractivity contribution >= 4 is 36.1 Å². The van der Waals surface area contributed by atoms with Crippen LogP contribution in [0.5, 0.6) is 0 Å². The van der Waals surface area contributed by atoms with Gasteiger partial charge in [0, 0.05) is 0 Å². The number of unbranched alkanes of at least 4 members (excludes halogenated alkanes) is 6. The van der Waals surface area contributed by atoms with Crippen LogP contribution < -0.4 is 3.58 Å². The molecular weight excluding hydrogens is 415 g/mol. The Morgan fingerprint density at radius 3 is 1.79 bits per heavy atom. The van der Waals surface area contributed by atoms with Crippen LogP contribution in [0.3, 0.4) is 0 Å². The molecule has 0 amide bonds. The van der Waals surface area contributed by atoms with Crippen molar-refractivity contribution in [1.29, 1.82) is 0 Å². The molecule has 2 heteroatoms. The molecule has 1 heterocycles. The fourth-order valence-electron chi connectivity index (χ4n) is 1.74. The molecule has 0 aliphatic heterocycles. The second-order valence-corrected chi connectivity index (χ2v) is 11.5. The second-order valence-electron chi connectivity index (χ2n) is 6.39. The minimum atomic E-state index is -0.196. The third-order valence-electron chi connectivity index (χ3n) is 3.79. The van der Waals surface area contributed by atoms with E-state index in [0.717, 1.165) is 0 Å². The molecule has 0 fully saturated rings. The zero-order valence-electron chi connectivity index (χ0n) is 17.5. The van der Waals surface area contributed by atoms with Crippen molar-refractivity contribution in [2.75, 3.05) is 0 Å². The molecule has 0 atom stereocenters. The fraction of sp³-hybridized carbons (Fsp3) is 0.818. The van der Waals surface area contributed by atoms with E-state index in [4.69, 9.17) is 0 Å². The predicted octanol–water partition coefficient (Wildman–Crippen LogP) is 8.03. The number of hydrogen-bond acceptors (Lipinski definition) is 1. The summed E-state index contributed by atoms with van der Waals surface area (Å²) in [7, 11) is 0. The van der Waals surface area contributed by atoms with Crippen LogP contribution in [0.25, 0.3) is 0 Å². The fourth-order valence-corrected chi connectivity index (χ4v) is 7.27. The number of aryl methyl sites for hydroxylation is 1. The molecule has 0 aromatic carbocycles. The molecule has 1 aromatic heterocycles. The Bertz CT molecular complexity index is 312. The van der Waals surface area contributed by atoms with Crippen LogP contribution in [-0.2, 0) is 6.42 Å². The van der Waals surface area contributed by atoms with Gasteiger partial charge in [-0.2, -0.15) is 0 Å². The van der Waals surface area contributed by atoms with Crippen molar-refractivity contribution < 1.29 is 0 Å². The van der Waals surface area contributed by atoms with Crippen molar-refractivity contribution in [3.63, 3.8) is 0 Å². The Balaban J connectivity index is 0. The van der Waals surface area contributed by atoms with E-state index in [1.54, 1.807) is 8.46 Å². The molecule has 0 spiro atoms. The molecule has 0 N–H and O–H groups in total. The second kappa shape index (κ2) is 23.5. The zero-order chi connectivity index (χ0) is 18.5. The molecule has 0 bridgehead atoms. The first-order chi connectivity index (χ1) is 11.7. The van der Waals surface area contributed by atoms with Gasteiger partial charge in [0.05, 0.1) is 0 Å². The summed E-state index contributed by atoms with van der Waals surface area (Å²) >= 11 is 1.81. The van der Waals surface area contributed by atoms with Crippen LogP contribution in [0.4, 0.5) is 0 Å². The molecule has 0 unspecified atom stereocenters. The van der Waals surface area contributed by atoms with Crippen molar-refractivity contribution in [2.24, 2.45) is 0 Å². The normalized spacial score (nSPS) is 9.75. The molecule has 0 saturated carbocycles. The molecule has 0 saturated heterocycles. The molecule has 1 aromatic rings. The van der Waals surface area contributed by atoms with Gasteiger partial charge >= 0.3 is 116 Å². The first-order valence-electron chi connectivity index (χ1n) is 10.5. The molecular formula is C22H44SSn. The standard InChI is InChI=1S/C10H15S.2C4H10.C4H9.Sn/c1-2-3-4-5-7-10-8-6-9-11-10;3*1-3-4-2;/h8-9H,2-5,7H2,1H3;2*3-4H2,1-2H3;1,3-4H2,2H3;. The summed E-state index contributed by atoms with van der Waals surface area (Å²) in [6.07, 6.45) is 15.0. The summed E-state index contributed by atoms with van der Waals surface area (Å²) in [6.45, 7) is 13.3. The van der Waals surface area contributed by atoms with Crippen LogP contribution in [0.15, 0.2) is 11.4 Å². The van der Waals surface area contributed by atoms with E-state index in [2.05, 4.69) is 53.0 Å². The summed E-state index contributed by atoms with van der Waals surface area (Å²) < 4.78 is 3.28. The number of thiophene rings is 1. The van der Waals surface area contributed by atoms with Gasteiger partial charge in [-0.05, 0) is 0 Å². The van der Waals surface area contributed by atoms with Crippen LogP contribution in [0, 0.1) is 0 Å². The quantitative estimate of drug-likeness (QED) is 0.232. The topological polar surface area (TPSA) is 0 Å². The number of rotatable bonds is 11. The van der Waals surface area contributed by atoms with E-state index in [9.17, 15) is 0 Å². The Kier molecular flexibility index (Phi) is 26.2. The van der Waals surface area contributed by atoms with Gasteiger partial charge in [0.25, 0.3) is 0 Å². The third-order valence-corrected chi connectivity index (χ3v) is 9.10. The van der Waals surface area contributed by atoms with Gasteiger partial charge in [-0.25, -0.2) is 0 Å². The van der Waals surface area contributed by atoms with Gasteiger partial charge in [-0.1, -0.05) is 53.4 Å². The Labute approximate surface area is 168 Å². The molecule has 24 heavy (non-hydrogen) atoms. The Morgan fingerprint density at radius 1 is 0.708 bits per heavy atom. The summed E-state index contributed by atoms with van der Waals surface area (Å²) in [6, 6.07) is 2.51. The van der Waals surface area contributed by atoms with E-state index in [0.29, 0.717) is 0 Å². The van der Waals surface area contributed by atoms with Gasteiger partial charge in [-0.3, -0.25) is 0 Å². The van der Waals surface area contributed by atoms with Gasteiger partial charge in [-0.15, -0.1) is 0 Å². The monoisotopic (exact) mass is 460 g/mol. The average Bonchev–Trinajstić information content (AvgIpc) is 3.07. The molecule has 0 aliphatic carbocycles. The minimum absolute atomic E-state index is 0.196. The van der Waals surface area contributed by atoms with Crippen LogP contribution >= 0.6 is 11.3 Å². The SMILES string of the molecule is CCCC.CCCC.CCCCCCc1c[c]([Sn][CH2]CCC)cs1. The van der Waals surface area contributed by atoms with Crippen LogP contribution in [0.2, 0.25) is 4.44 Å². The summed E-state index contributed by atoms with van der Waals surface area (Å²) in [5, 5.41) is 2.44. The molecule has 0 aliphatic rings. The van der Waals surface area contributed by atoms with E-state index in [1.165, 1.54) is 75.1 Å². The van der Waals surface area contributed by atoms with Crippen molar-refractivity contribution in [3.8, 4) is 0 Å². The van der Waals surface area contributed by atoms with Gasteiger partial charge in [0.15, 0.2) is 0 Å².